The Morgan fingerprint density at radius 2 is 2.27 bits per heavy atom. The molecule has 1 heterocycles. The molecule has 0 aliphatic rings. The van der Waals surface area contributed by atoms with Crippen LogP contribution in [0.3, 0.4) is 0 Å². The van der Waals surface area contributed by atoms with Crippen molar-refractivity contribution in [1.29, 1.82) is 0 Å². The third-order valence-electron chi connectivity index (χ3n) is 2.41. The van der Waals surface area contributed by atoms with Crippen LogP contribution in [-0.4, -0.2) is 15.5 Å². The lowest BCUT2D eigenvalue weighted by Crippen LogP contribution is -2.31. The Morgan fingerprint density at radius 1 is 1.60 bits per heavy atom. The standard InChI is InChI=1S/C11H17N3S/c1-4-11(2,3)14-10-8(9(12)15)6-5-7-13-10/h5-7H,4H2,1-3H3,(H2,12,15)(H,13,14). The smallest absolute Gasteiger partial charge is 0.136 e. The van der Waals surface area contributed by atoms with Gasteiger partial charge in [0.05, 0.1) is 5.56 Å². The van der Waals surface area contributed by atoms with Crippen LogP contribution in [0, 0.1) is 0 Å². The minimum atomic E-state index is -0.00606. The average Bonchev–Trinajstić information content (AvgIpc) is 2.18. The summed E-state index contributed by atoms with van der Waals surface area (Å²) >= 11 is 4.97. The summed E-state index contributed by atoms with van der Waals surface area (Å²) in [6.45, 7) is 6.35. The highest BCUT2D eigenvalue weighted by atomic mass is 32.1. The highest BCUT2D eigenvalue weighted by Crippen LogP contribution is 2.19. The first-order chi connectivity index (χ1) is 6.96. The fraction of sp³-hybridized carbons (Fsp3) is 0.455. The van der Waals surface area contributed by atoms with Crippen molar-refractivity contribution >= 4 is 23.0 Å². The van der Waals surface area contributed by atoms with E-state index in [2.05, 4.69) is 31.1 Å². The third kappa shape index (κ3) is 3.16. The summed E-state index contributed by atoms with van der Waals surface area (Å²) in [5.41, 5.74) is 6.42. The van der Waals surface area contributed by atoms with Gasteiger partial charge in [-0.1, -0.05) is 19.1 Å². The molecule has 0 saturated heterocycles. The van der Waals surface area contributed by atoms with Gasteiger partial charge in [0.1, 0.15) is 10.8 Å². The molecule has 0 bridgehead atoms. The number of hydrogen-bond acceptors (Lipinski definition) is 3. The lowest BCUT2D eigenvalue weighted by atomic mass is 10.0. The van der Waals surface area contributed by atoms with Crippen molar-refractivity contribution in [2.24, 2.45) is 5.73 Å². The predicted octanol–water partition coefficient (Wildman–Crippen LogP) is 2.32. The SMILES string of the molecule is CCC(C)(C)Nc1ncccc1C(N)=S. The summed E-state index contributed by atoms with van der Waals surface area (Å²) in [7, 11) is 0. The van der Waals surface area contributed by atoms with Crippen molar-refractivity contribution in [1.82, 2.24) is 4.98 Å². The van der Waals surface area contributed by atoms with Crippen LogP contribution in [0.25, 0.3) is 0 Å². The van der Waals surface area contributed by atoms with Crippen molar-refractivity contribution in [2.75, 3.05) is 5.32 Å². The first kappa shape index (κ1) is 11.9. The third-order valence-corrected chi connectivity index (χ3v) is 2.63. The molecule has 1 aromatic heterocycles. The van der Waals surface area contributed by atoms with Crippen LogP contribution in [0.5, 0.6) is 0 Å². The van der Waals surface area contributed by atoms with Crippen LogP contribution in [0.1, 0.15) is 32.8 Å². The normalized spacial score (nSPS) is 11.1. The second kappa shape index (κ2) is 4.57. The van der Waals surface area contributed by atoms with Crippen molar-refractivity contribution in [2.45, 2.75) is 32.7 Å². The van der Waals surface area contributed by atoms with Gasteiger partial charge in [-0.25, -0.2) is 4.98 Å². The van der Waals surface area contributed by atoms with Gasteiger partial charge in [0.25, 0.3) is 0 Å². The number of pyridine rings is 1. The number of thiocarbonyl (C=S) groups is 1. The topological polar surface area (TPSA) is 50.9 Å². The summed E-state index contributed by atoms with van der Waals surface area (Å²) in [4.78, 5) is 4.63. The first-order valence-electron chi connectivity index (χ1n) is 4.99. The van der Waals surface area contributed by atoms with Gasteiger partial charge in [-0.05, 0) is 32.4 Å². The van der Waals surface area contributed by atoms with E-state index in [-0.39, 0.29) is 5.54 Å². The largest absolute Gasteiger partial charge is 0.389 e. The Labute approximate surface area is 96.1 Å². The maximum Gasteiger partial charge on any atom is 0.136 e. The van der Waals surface area contributed by atoms with E-state index >= 15 is 0 Å². The number of nitrogens with zero attached hydrogens (tertiary/aromatic N) is 1. The molecule has 0 atom stereocenters. The molecule has 0 aliphatic heterocycles. The molecule has 0 aromatic carbocycles. The Balaban J connectivity index is 2.99. The van der Waals surface area contributed by atoms with Crippen LogP contribution >= 0.6 is 12.2 Å². The van der Waals surface area contributed by atoms with Gasteiger partial charge in [0.2, 0.25) is 0 Å². The molecule has 0 radical (unpaired) electrons. The molecule has 82 valence electrons. The average molecular weight is 223 g/mol. The highest BCUT2D eigenvalue weighted by Gasteiger charge is 2.17. The van der Waals surface area contributed by atoms with Gasteiger partial charge >= 0.3 is 0 Å². The van der Waals surface area contributed by atoms with Crippen molar-refractivity contribution in [3.63, 3.8) is 0 Å². The lowest BCUT2D eigenvalue weighted by Gasteiger charge is -2.26. The Morgan fingerprint density at radius 3 is 2.80 bits per heavy atom. The first-order valence-corrected chi connectivity index (χ1v) is 5.40. The fourth-order valence-electron chi connectivity index (χ4n) is 1.11. The molecule has 15 heavy (non-hydrogen) atoms. The number of nitrogens with one attached hydrogen (secondary N) is 1. The van der Waals surface area contributed by atoms with Gasteiger partial charge in [-0.2, -0.15) is 0 Å². The Hall–Kier alpha value is -1.16. The molecular formula is C11H17N3S. The predicted molar refractivity (Wildman–Crippen MR) is 68.1 cm³/mol. The van der Waals surface area contributed by atoms with Gasteiger partial charge in [-0.3, -0.25) is 0 Å². The molecule has 0 aliphatic carbocycles. The van der Waals surface area contributed by atoms with E-state index in [9.17, 15) is 0 Å². The molecule has 4 heteroatoms. The van der Waals surface area contributed by atoms with Crippen LogP contribution in [0.2, 0.25) is 0 Å². The number of nitrogens with two attached hydrogens (primary N) is 1. The minimum Gasteiger partial charge on any atom is -0.389 e. The van der Waals surface area contributed by atoms with Crippen molar-refractivity contribution < 1.29 is 0 Å². The second-order valence-electron chi connectivity index (χ2n) is 4.13. The van der Waals surface area contributed by atoms with E-state index in [0.717, 1.165) is 17.8 Å². The monoisotopic (exact) mass is 223 g/mol. The number of hydrogen-bond donors (Lipinski definition) is 2. The van der Waals surface area contributed by atoms with E-state index < -0.39 is 0 Å². The highest BCUT2D eigenvalue weighted by molar-refractivity contribution is 7.80. The molecule has 0 fully saturated rings. The molecule has 3 N–H and O–H groups in total. The Kier molecular flexibility index (Phi) is 3.63. The zero-order valence-corrected chi connectivity index (χ0v) is 10.2. The quantitative estimate of drug-likeness (QED) is 0.769. The van der Waals surface area contributed by atoms with Crippen LogP contribution < -0.4 is 11.1 Å². The summed E-state index contributed by atoms with van der Waals surface area (Å²) in [6, 6.07) is 3.71. The van der Waals surface area contributed by atoms with Gasteiger partial charge in [-0.15, -0.1) is 0 Å². The molecule has 0 amide bonds. The number of aromatic nitrogens is 1. The van der Waals surface area contributed by atoms with Gasteiger partial charge in [0, 0.05) is 11.7 Å². The zero-order chi connectivity index (χ0) is 11.5. The van der Waals surface area contributed by atoms with E-state index in [4.69, 9.17) is 18.0 Å². The summed E-state index contributed by atoms with van der Waals surface area (Å²) in [5.74, 6) is 0.761. The summed E-state index contributed by atoms with van der Waals surface area (Å²) in [6.07, 6.45) is 2.73. The van der Waals surface area contributed by atoms with E-state index in [1.807, 2.05) is 12.1 Å². The van der Waals surface area contributed by atoms with E-state index in [0.29, 0.717) is 4.99 Å². The maximum absolute atomic E-state index is 5.63. The zero-order valence-electron chi connectivity index (χ0n) is 9.37. The molecule has 0 saturated carbocycles. The van der Waals surface area contributed by atoms with Crippen molar-refractivity contribution in [3.8, 4) is 0 Å². The molecule has 1 rings (SSSR count). The molecular weight excluding hydrogens is 206 g/mol. The van der Waals surface area contributed by atoms with Crippen LogP contribution in [0.15, 0.2) is 18.3 Å². The van der Waals surface area contributed by atoms with Crippen LogP contribution in [-0.2, 0) is 0 Å². The maximum atomic E-state index is 5.63. The van der Waals surface area contributed by atoms with Gasteiger partial charge < -0.3 is 11.1 Å². The number of rotatable bonds is 4. The molecule has 0 spiro atoms. The summed E-state index contributed by atoms with van der Waals surface area (Å²) in [5, 5.41) is 3.34. The van der Waals surface area contributed by atoms with Crippen molar-refractivity contribution in [3.05, 3.63) is 23.9 Å². The minimum absolute atomic E-state index is 0.00606. The lowest BCUT2D eigenvalue weighted by molar-refractivity contribution is 0.545. The number of anilines is 1. The van der Waals surface area contributed by atoms with Gasteiger partial charge in [0.15, 0.2) is 0 Å². The Bertz CT molecular complexity index is 361. The molecule has 1 aromatic rings. The van der Waals surface area contributed by atoms with E-state index in [1.54, 1.807) is 6.20 Å². The fourth-order valence-corrected chi connectivity index (χ4v) is 1.28. The second-order valence-corrected chi connectivity index (χ2v) is 4.57. The molecule has 3 nitrogen and oxygen atoms in total. The van der Waals surface area contributed by atoms with Crippen LogP contribution in [0.4, 0.5) is 5.82 Å². The summed E-state index contributed by atoms with van der Waals surface area (Å²) < 4.78 is 0. The van der Waals surface area contributed by atoms with E-state index in [1.165, 1.54) is 0 Å². The molecule has 0 unspecified atom stereocenters.